The second kappa shape index (κ2) is 6.39. The van der Waals surface area contributed by atoms with E-state index in [0.717, 1.165) is 42.6 Å². The van der Waals surface area contributed by atoms with Gasteiger partial charge in [0.2, 0.25) is 5.91 Å². The molecule has 1 heterocycles. The third kappa shape index (κ3) is 3.48. The Morgan fingerprint density at radius 1 is 1.32 bits per heavy atom. The molecule has 0 aromatic heterocycles. The molecule has 2 rings (SSSR count). The van der Waals surface area contributed by atoms with E-state index in [-0.39, 0.29) is 5.91 Å². The van der Waals surface area contributed by atoms with Crippen molar-refractivity contribution >= 4 is 27.5 Å². The van der Waals surface area contributed by atoms with Gasteiger partial charge in [0.05, 0.1) is 5.69 Å². The Labute approximate surface area is 122 Å². The summed E-state index contributed by atoms with van der Waals surface area (Å²) in [5.41, 5.74) is 7.95. The average molecular weight is 326 g/mol. The number of carbonyl (C=O) groups excluding carboxylic acids is 1. The molecule has 0 bridgehead atoms. The van der Waals surface area contributed by atoms with Crippen molar-refractivity contribution < 1.29 is 4.79 Å². The van der Waals surface area contributed by atoms with Gasteiger partial charge in [-0.2, -0.15) is 0 Å². The number of halogens is 1. The van der Waals surface area contributed by atoms with Crippen molar-refractivity contribution in [2.75, 3.05) is 31.1 Å². The first-order chi connectivity index (χ1) is 9.11. The van der Waals surface area contributed by atoms with E-state index in [1.54, 1.807) is 6.92 Å². The summed E-state index contributed by atoms with van der Waals surface area (Å²) in [7, 11) is 0. The van der Waals surface area contributed by atoms with Gasteiger partial charge in [-0.1, -0.05) is 6.07 Å². The fraction of sp³-hybridized carbons (Fsp3) is 0.500. The highest BCUT2D eigenvalue weighted by molar-refractivity contribution is 9.10. The predicted molar refractivity (Wildman–Crippen MR) is 81.1 cm³/mol. The van der Waals surface area contributed by atoms with Crippen LogP contribution in [0.4, 0.5) is 5.69 Å². The van der Waals surface area contributed by atoms with Gasteiger partial charge in [-0.3, -0.25) is 4.79 Å². The molecule has 0 aliphatic carbocycles. The molecule has 1 fully saturated rings. The van der Waals surface area contributed by atoms with Crippen LogP contribution < -0.4 is 10.6 Å². The van der Waals surface area contributed by atoms with E-state index in [2.05, 4.69) is 39.0 Å². The zero-order valence-electron chi connectivity index (χ0n) is 11.2. The second-order valence-corrected chi connectivity index (χ2v) is 5.69. The fourth-order valence-corrected chi connectivity index (χ4v) is 3.08. The van der Waals surface area contributed by atoms with Crippen molar-refractivity contribution in [3.05, 3.63) is 28.2 Å². The number of hydrogen-bond acceptors (Lipinski definition) is 3. The summed E-state index contributed by atoms with van der Waals surface area (Å²) in [4.78, 5) is 15.7. The third-order valence-corrected chi connectivity index (χ3v) is 4.16. The topological polar surface area (TPSA) is 49.6 Å². The maximum atomic E-state index is 11.4. The molecule has 2 N–H and O–H groups in total. The molecule has 5 heteroatoms. The van der Waals surface area contributed by atoms with E-state index in [4.69, 9.17) is 5.73 Å². The van der Waals surface area contributed by atoms with Crippen LogP contribution in [-0.2, 0) is 11.3 Å². The van der Waals surface area contributed by atoms with Crippen molar-refractivity contribution in [1.82, 2.24) is 4.90 Å². The minimum Gasteiger partial charge on any atom is -0.369 e. The lowest BCUT2D eigenvalue weighted by Gasteiger charge is -2.24. The molecular weight excluding hydrogens is 306 g/mol. The zero-order valence-corrected chi connectivity index (χ0v) is 12.8. The number of hydrogen-bond donors (Lipinski definition) is 1. The number of carbonyl (C=O) groups is 1. The van der Waals surface area contributed by atoms with E-state index in [9.17, 15) is 4.79 Å². The molecular formula is C14H20BrN3O. The Balaban J connectivity index is 2.12. The van der Waals surface area contributed by atoms with Crippen molar-refractivity contribution in [2.45, 2.75) is 19.9 Å². The van der Waals surface area contributed by atoms with Crippen LogP contribution in [0.5, 0.6) is 0 Å². The predicted octanol–water partition coefficient (Wildman–Crippen LogP) is 1.97. The van der Waals surface area contributed by atoms with E-state index in [0.29, 0.717) is 6.54 Å². The first-order valence-electron chi connectivity index (χ1n) is 6.61. The quantitative estimate of drug-likeness (QED) is 0.904. The van der Waals surface area contributed by atoms with Gasteiger partial charge in [-0.25, -0.2) is 0 Å². The van der Waals surface area contributed by atoms with Crippen LogP contribution in [0.1, 0.15) is 18.9 Å². The minimum atomic E-state index is 0.166. The van der Waals surface area contributed by atoms with E-state index in [1.165, 1.54) is 5.69 Å². The van der Waals surface area contributed by atoms with Gasteiger partial charge < -0.3 is 15.5 Å². The van der Waals surface area contributed by atoms with Crippen LogP contribution in [0.3, 0.4) is 0 Å². The van der Waals surface area contributed by atoms with E-state index in [1.807, 2.05) is 4.90 Å². The molecule has 0 spiro atoms. The van der Waals surface area contributed by atoms with Crippen molar-refractivity contribution in [3.63, 3.8) is 0 Å². The number of nitrogens with two attached hydrogens (primary N) is 1. The molecule has 1 aromatic rings. The Kier molecular flexibility index (Phi) is 4.82. The van der Waals surface area contributed by atoms with Crippen LogP contribution in [0, 0.1) is 0 Å². The van der Waals surface area contributed by atoms with Crippen LogP contribution in [0.25, 0.3) is 0 Å². The molecule has 0 radical (unpaired) electrons. The van der Waals surface area contributed by atoms with Gasteiger partial charge >= 0.3 is 0 Å². The number of amides is 1. The Morgan fingerprint density at radius 2 is 2.11 bits per heavy atom. The van der Waals surface area contributed by atoms with Crippen molar-refractivity contribution in [3.8, 4) is 0 Å². The summed E-state index contributed by atoms with van der Waals surface area (Å²) in [6, 6.07) is 6.24. The molecule has 104 valence electrons. The highest BCUT2D eigenvalue weighted by Gasteiger charge is 2.18. The Morgan fingerprint density at radius 3 is 2.74 bits per heavy atom. The minimum absolute atomic E-state index is 0.166. The molecule has 0 unspecified atom stereocenters. The van der Waals surface area contributed by atoms with Crippen LogP contribution in [-0.4, -0.2) is 37.0 Å². The number of benzene rings is 1. The fourth-order valence-electron chi connectivity index (χ4n) is 2.41. The lowest BCUT2D eigenvalue weighted by Crippen LogP contribution is -2.33. The van der Waals surface area contributed by atoms with Crippen molar-refractivity contribution in [1.29, 1.82) is 0 Å². The smallest absolute Gasteiger partial charge is 0.219 e. The van der Waals surface area contributed by atoms with Crippen molar-refractivity contribution in [2.24, 2.45) is 5.73 Å². The molecule has 19 heavy (non-hydrogen) atoms. The SMILES string of the molecule is CC(=O)N1CCCN(c2ccc(CN)cc2Br)CC1. The monoisotopic (exact) mass is 325 g/mol. The van der Waals surface area contributed by atoms with Crippen LogP contribution in [0.15, 0.2) is 22.7 Å². The van der Waals surface area contributed by atoms with Gasteiger partial charge in [0.1, 0.15) is 0 Å². The highest BCUT2D eigenvalue weighted by atomic mass is 79.9. The highest BCUT2D eigenvalue weighted by Crippen LogP contribution is 2.28. The number of rotatable bonds is 2. The van der Waals surface area contributed by atoms with Gasteiger partial charge in [0, 0.05) is 44.1 Å². The van der Waals surface area contributed by atoms with Gasteiger partial charge in [0.15, 0.2) is 0 Å². The molecule has 1 aliphatic rings. The molecule has 1 aromatic carbocycles. The van der Waals surface area contributed by atoms with Gasteiger partial charge in [-0.15, -0.1) is 0 Å². The summed E-state index contributed by atoms with van der Waals surface area (Å²) in [5.74, 6) is 0.166. The Hall–Kier alpha value is -1.07. The first-order valence-corrected chi connectivity index (χ1v) is 7.40. The lowest BCUT2D eigenvalue weighted by atomic mass is 10.2. The van der Waals surface area contributed by atoms with Crippen LogP contribution in [0.2, 0.25) is 0 Å². The molecule has 1 amide bonds. The standard InChI is InChI=1S/C14H20BrN3O/c1-11(19)17-5-2-6-18(8-7-17)14-4-3-12(10-16)9-13(14)15/h3-4,9H,2,5-8,10,16H2,1H3. The van der Waals surface area contributed by atoms with Crippen LogP contribution >= 0.6 is 15.9 Å². The maximum absolute atomic E-state index is 11.4. The normalized spacial score (nSPS) is 16.4. The Bertz CT molecular complexity index is 464. The molecule has 0 saturated carbocycles. The molecule has 4 nitrogen and oxygen atoms in total. The molecule has 0 atom stereocenters. The van der Waals surface area contributed by atoms with Gasteiger partial charge in [-0.05, 0) is 40.0 Å². The first kappa shape index (κ1) is 14.3. The summed E-state index contributed by atoms with van der Waals surface area (Å²) >= 11 is 3.62. The summed E-state index contributed by atoms with van der Waals surface area (Å²) in [6.45, 7) is 5.69. The maximum Gasteiger partial charge on any atom is 0.219 e. The second-order valence-electron chi connectivity index (χ2n) is 4.84. The summed E-state index contributed by atoms with van der Waals surface area (Å²) < 4.78 is 1.08. The molecule has 1 aliphatic heterocycles. The van der Waals surface area contributed by atoms with E-state index >= 15 is 0 Å². The summed E-state index contributed by atoms with van der Waals surface area (Å²) in [5, 5.41) is 0. The third-order valence-electron chi connectivity index (χ3n) is 3.53. The average Bonchev–Trinajstić information content (AvgIpc) is 2.64. The van der Waals surface area contributed by atoms with Gasteiger partial charge in [0.25, 0.3) is 0 Å². The number of anilines is 1. The number of nitrogens with zero attached hydrogens (tertiary/aromatic N) is 2. The molecule has 1 saturated heterocycles. The summed E-state index contributed by atoms with van der Waals surface area (Å²) in [6.07, 6.45) is 1.00. The largest absolute Gasteiger partial charge is 0.369 e. The lowest BCUT2D eigenvalue weighted by molar-refractivity contribution is -0.128. The zero-order chi connectivity index (χ0) is 13.8. The van der Waals surface area contributed by atoms with E-state index < -0.39 is 0 Å².